The summed E-state index contributed by atoms with van der Waals surface area (Å²) < 4.78 is 0. The van der Waals surface area contributed by atoms with E-state index in [0.29, 0.717) is 28.4 Å². The molecule has 0 radical (unpaired) electrons. The van der Waals surface area contributed by atoms with Crippen LogP contribution in [0, 0.1) is 0 Å². The van der Waals surface area contributed by atoms with Gasteiger partial charge in [-0.05, 0) is 31.7 Å². The molecule has 1 aromatic heterocycles. The van der Waals surface area contributed by atoms with Crippen molar-refractivity contribution in [3.8, 4) is 0 Å². The van der Waals surface area contributed by atoms with Gasteiger partial charge in [-0.1, -0.05) is 29.3 Å². The second-order valence-corrected chi connectivity index (χ2v) is 6.12. The summed E-state index contributed by atoms with van der Waals surface area (Å²) in [5, 5.41) is 0.976. The normalized spacial score (nSPS) is 31.8. The van der Waals surface area contributed by atoms with E-state index in [1.54, 1.807) is 6.07 Å². The highest BCUT2D eigenvalue weighted by atomic mass is 35.5. The molecule has 0 aromatic carbocycles. The molecule has 2 aliphatic rings. The van der Waals surface area contributed by atoms with E-state index in [-0.39, 0.29) is 0 Å². The lowest BCUT2D eigenvalue weighted by molar-refractivity contribution is 0.120. The Balaban J connectivity index is 1.77. The van der Waals surface area contributed by atoms with Crippen LogP contribution in [0.5, 0.6) is 0 Å². The first-order chi connectivity index (χ1) is 8.63. The maximum Gasteiger partial charge on any atom is 0.135 e. The number of nitrogens with zero attached hydrogens (tertiary/aromatic N) is 2. The standard InChI is InChI=1S/C13H17Cl2N3/c14-12-4-1-8(13(15)17-12)7-18-10-2-3-11(18)6-9(16)5-10/h1,4,9-11H,2-3,5-7,16H2. The predicted molar refractivity (Wildman–Crippen MR) is 73.8 cm³/mol. The van der Waals surface area contributed by atoms with Gasteiger partial charge >= 0.3 is 0 Å². The molecule has 3 heterocycles. The molecule has 0 saturated carbocycles. The van der Waals surface area contributed by atoms with Gasteiger partial charge in [0.15, 0.2) is 0 Å². The summed E-state index contributed by atoms with van der Waals surface area (Å²) in [6.07, 6.45) is 4.73. The van der Waals surface area contributed by atoms with E-state index < -0.39 is 0 Å². The van der Waals surface area contributed by atoms with Crippen molar-refractivity contribution in [1.29, 1.82) is 0 Å². The van der Waals surface area contributed by atoms with Crippen molar-refractivity contribution in [3.05, 3.63) is 28.0 Å². The topological polar surface area (TPSA) is 42.1 Å². The summed E-state index contributed by atoms with van der Waals surface area (Å²) >= 11 is 12.0. The maximum atomic E-state index is 6.15. The fourth-order valence-corrected chi connectivity index (χ4v) is 3.73. The molecule has 0 aliphatic carbocycles. The summed E-state index contributed by atoms with van der Waals surface area (Å²) in [6, 6.07) is 5.39. The van der Waals surface area contributed by atoms with Crippen molar-refractivity contribution in [2.24, 2.45) is 5.73 Å². The van der Waals surface area contributed by atoms with Crippen molar-refractivity contribution in [3.63, 3.8) is 0 Å². The number of hydrogen-bond acceptors (Lipinski definition) is 3. The molecular weight excluding hydrogens is 269 g/mol. The van der Waals surface area contributed by atoms with Crippen LogP contribution in [0.3, 0.4) is 0 Å². The molecule has 2 saturated heterocycles. The van der Waals surface area contributed by atoms with E-state index in [1.807, 2.05) is 6.07 Å². The van der Waals surface area contributed by atoms with Crippen LogP contribution in [0.4, 0.5) is 0 Å². The highest BCUT2D eigenvalue weighted by molar-refractivity contribution is 6.32. The number of nitrogens with two attached hydrogens (primary N) is 1. The fraction of sp³-hybridized carbons (Fsp3) is 0.615. The third kappa shape index (κ3) is 2.37. The average Bonchev–Trinajstić information content (AvgIpc) is 2.56. The van der Waals surface area contributed by atoms with Crippen molar-refractivity contribution in [2.75, 3.05) is 0 Å². The minimum absolute atomic E-state index is 0.373. The Morgan fingerprint density at radius 3 is 2.50 bits per heavy atom. The Morgan fingerprint density at radius 2 is 1.89 bits per heavy atom. The highest BCUT2D eigenvalue weighted by Crippen LogP contribution is 2.36. The summed E-state index contributed by atoms with van der Waals surface area (Å²) in [7, 11) is 0. The Bertz CT molecular complexity index is 438. The lowest BCUT2D eigenvalue weighted by Gasteiger charge is -2.37. The molecular formula is C13H17Cl2N3. The Kier molecular flexibility index (Phi) is 3.50. The lowest BCUT2D eigenvalue weighted by atomic mass is 9.97. The van der Waals surface area contributed by atoms with Crippen LogP contribution in [0.2, 0.25) is 10.3 Å². The quantitative estimate of drug-likeness (QED) is 0.850. The van der Waals surface area contributed by atoms with Gasteiger partial charge in [-0.25, -0.2) is 4.98 Å². The number of fused-ring (bicyclic) bond motifs is 2. The zero-order valence-electron chi connectivity index (χ0n) is 10.1. The second kappa shape index (κ2) is 4.97. The van der Waals surface area contributed by atoms with Crippen molar-refractivity contribution in [2.45, 2.75) is 50.4 Å². The van der Waals surface area contributed by atoms with Gasteiger partial charge in [0, 0.05) is 30.2 Å². The van der Waals surface area contributed by atoms with Crippen molar-refractivity contribution in [1.82, 2.24) is 9.88 Å². The van der Waals surface area contributed by atoms with Gasteiger partial charge in [0.2, 0.25) is 0 Å². The zero-order valence-corrected chi connectivity index (χ0v) is 11.7. The first-order valence-corrected chi connectivity index (χ1v) is 7.21. The molecule has 1 aromatic rings. The molecule has 5 heteroatoms. The lowest BCUT2D eigenvalue weighted by Crippen LogP contribution is -2.46. The van der Waals surface area contributed by atoms with Crippen LogP contribution in [0.25, 0.3) is 0 Å². The third-order valence-corrected chi connectivity index (χ3v) is 4.70. The fourth-order valence-electron chi connectivity index (χ4n) is 3.33. The minimum atomic E-state index is 0.373. The molecule has 2 N–H and O–H groups in total. The van der Waals surface area contributed by atoms with Crippen LogP contribution in [-0.4, -0.2) is 28.0 Å². The van der Waals surface area contributed by atoms with Crippen LogP contribution < -0.4 is 5.73 Å². The first-order valence-electron chi connectivity index (χ1n) is 6.45. The van der Waals surface area contributed by atoms with E-state index in [0.717, 1.165) is 24.9 Å². The van der Waals surface area contributed by atoms with Gasteiger partial charge in [0.05, 0.1) is 0 Å². The van der Waals surface area contributed by atoms with E-state index in [2.05, 4.69) is 9.88 Å². The Labute approximate surface area is 117 Å². The molecule has 2 aliphatic heterocycles. The Morgan fingerprint density at radius 1 is 1.22 bits per heavy atom. The summed E-state index contributed by atoms with van der Waals surface area (Å²) in [5.74, 6) is 0. The van der Waals surface area contributed by atoms with E-state index in [9.17, 15) is 0 Å². The largest absolute Gasteiger partial charge is 0.328 e. The summed E-state index contributed by atoms with van der Waals surface area (Å²) in [5.41, 5.74) is 7.14. The molecule has 0 spiro atoms. The summed E-state index contributed by atoms with van der Waals surface area (Å²) in [6.45, 7) is 0.866. The number of hydrogen-bond donors (Lipinski definition) is 1. The number of aromatic nitrogens is 1. The van der Waals surface area contributed by atoms with Crippen LogP contribution in [0.15, 0.2) is 12.1 Å². The van der Waals surface area contributed by atoms with Crippen molar-refractivity contribution >= 4 is 23.2 Å². The van der Waals surface area contributed by atoms with Crippen LogP contribution in [0.1, 0.15) is 31.2 Å². The molecule has 2 fully saturated rings. The Hall–Kier alpha value is -0.350. The van der Waals surface area contributed by atoms with Crippen molar-refractivity contribution < 1.29 is 0 Å². The van der Waals surface area contributed by atoms with E-state index >= 15 is 0 Å². The molecule has 18 heavy (non-hydrogen) atoms. The number of piperidine rings is 1. The zero-order chi connectivity index (χ0) is 12.7. The molecule has 98 valence electrons. The smallest absolute Gasteiger partial charge is 0.135 e. The van der Waals surface area contributed by atoms with Gasteiger partial charge in [0.1, 0.15) is 10.3 Å². The van der Waals surface area contributed by atoms with Crippen LogP contribution in [-0.2, 0) is 6.54 Å². The van der Waals surface area contributed by atoms with E-state index in [4.69, 9.17) is 28.9 Å². The van der Waals surface area contributed by atoms with Gasteiger partial charge in [-0.3, -0.25) is 4.90 Å². The number of halogens is 2. The van der Waals surface area contributed by atoms with Crippen LogP contribution >= 0.6 is 23.2 Å². The minimum Gasteiger partial charge on any atom is -0.328 e. The maximum absolute atomic E-state index is 6.15. The van der Waals surface area contributed by atoms with Gasteiger partial charge in [-0.15, -0.1) is 0 Å². The highest BCUT2D eigenvalue weighted by Gasteiger charge is 2.39. The predicted octanol–water partition coefficient (Wildman–Crippen LogP) is 2.84. The van der Waals surface area contributed by atoms with Gasteiger partial charge in [-0.2, -0.15) is 0 Å². The molecule has 2 unspecified atom stereocenters. The third-order valence-electron chi connectivity index (χ3n) is 4.17. The SMILES string of the molecule is NC1CC2CCC(C1)N2Cc1ccc(Cl)nc1Cl. The first kappa shape index (κ1) is 12.7. The average molecular weight is 286 g/mol. The number of pyridine rings is 1. The molecule has 0 amide bonds. The van der Waals surface area contributed by atoms with E-state index in [1.165, 1.54) is 12.8 Å². The molecule has 2 atom stereocenters. The van der Waals surface area contributed by atoms with Gasteiger partial charge in [0.25, 0.3) is 0 Å². The summed E-state index contributed by atoms with van der Waals surface area (Å²) in [4.78, 5) is 6.65. The number of rotatable bonds is 2. The monoisotopic (exact) mass is 285 g/mol. The molecule has 3 rings (SSSR count). The molecule has 3 nitrogen and oxygen atoms in total. The van der Waals surface area contributed by atoms with Gasteiger partial charge < -0.3 is 5.73 Å². The molecule has 2 bridgehead atoms. The second-order valence-electron chi connectivity index (χ2n) is 5.37.